The van der Waals surface area contributed by atoms with Crippen LogP contribution in [0.1, 0.15) is 22.3 Å². The zero-order valence-corrected chi connectivity index (χ0v) is 16.1. The second-order valence-electron chi connectivity index (χ2n) is 5.24. The van der Waals surface area contributed by atoms with Crippen molar-refractivity contribution in [3.8, 4) is 0 Å². The molecule has 0 fully saturated rings. The maximum absolute atomic E-state index is 6.19. The van der Waals surface area contributed by atoms with E-state index in [9.17, 15) is 0 Å². The molecule has 0 amide bonds. The minimum atomic E-state index is 0.0987. The van der Waals surface area contributed by atoms with Crippen molar-refractivity contribution in [2.75, 3.05) is 11.5 Å². The third kappa shape index (κ3) is 3.43. The van der Waals surface area contributed by atoms with Crippen molar-refractivity contribution < 1.29 is 0 Å². The van der Waals surface area contributed by atoms with Crippen molar-refractivity contribution >= 4 is 46.4 Å². The van der Waals surface area contributed by atoms with Crippen molar-refractivity contribution in [2.24, 2.45) is 0 Å². The van der Waals surface area contributed by atoms with Crippen LogP contribution in [-0.4, -0.2) is 26.3 Å². The summed E-state index contributed by atoms with van der Waals surface area (Å²) in [7, 11) is 0. The maximum atomic E-state index is 6.19. The average molecular weight is 390 g/mol. The fourth-order valence-electron chi connectivity index (χ4n) is 2.36. The monoisotopic (exact) mass is 390 g/mol. The number of anilines is 2. The van der Waals surface area contributed by atoms with Crippen LogP contribution >= 0.6 is 0 Å². The summed E-state index contributed by atoms with van der Waals surface area (Å²) in [4.78, 5) is 0. The van der Waals surface area contributed by atoms with E-state index in [1.807, 2.05) is 0 Å². The first-order valence-corrected chi connectivity index (χ1v) is 13.6. The van der Waals surface area contributed by atoms with E-state index >= 15 is 0 Å². The molecule has 0 aromatic heterocycles. The molecule has 0 heterocycles. The van der Waals surface area contributed by atoms with Gasteiger partial charge in [0.2, 0.25) is 0 Å². The number of nitrogen functional groups attached to an aromatic ring is 2. The summed E-state index contributed by atoms with van der Waals surface area (Å²) in [5.41, 5.74) is 19.5. The first kappa shape index (κ1) is 15.5. The third-order valence-electron chi connectivity index (χ3n) is 3.20. The molecule has 0 aliphatic carbocycles. The van der Waals surface area contributed by atoms with E-state index in [4.69, 9.17) is 11.5 Å². The van der Waals surface area contributed by atoms with Crippen LogP contribution in [0.2, 0.25) is 0 Å². The van der Waals surface area contributed by atoms with Gasteiger partial charge in [0.25, 0.3) is 0 Å². The molecule has 0 saturated carbocycles. The molecule has 20 heavy (non-hydrogen) atoms. The molecule has 0 aliphatic heterocycles. The van der Waals surface area contributed by atoms with Crippen LogP contribution in [0, 0.1) is 27.7 Å². The van der Waals surface area contributed by atoms with Crippen LogP contribution in [-0.2, 0) is 0 Å². The molecule has 0 atom stereocenters. The van der Waals surface area contributed by atoms with E-state index in [1.54, 1.807) is 0 Å². The Balaban J connectivity index is 2.45. The fraction of sp³-hybridized carbons (Fsp3) is 0.250. The third-order valence-corrected chi connectivity index (χ3v) is 12.3. The van der Waals surface area contributed by atoms with Gasteiger partial charge in [-0.05, 0) is 0 Å². The summed E-state index contributed by atoms with van der Waals surface area (Å²) in [6.45, 7) is 8.53. The molecule has 0 spiro atoms. The summed E-state index contributed by atoms with van der Waals surface area (Å²) >= 11 is 0.197. The molecule has 4 N–H and O–H groups in total. The number of aryl methyl sites for hydroxylation is 4. The first-order chi connectivity index (χ1) is 9.38. The van der Waals surface area contributed by atoms with Gasteiger partial charge in [0.1, 0.15) is 0 Å². The summed E-state index contributed by atoms with van der Waals surface area (Å²) in [5.74, 6) is 0. The first-order valence-electron chi connectivity index (χ1n) is 6.53. The zero-order chi connectivity index (χ0) is 14.9. The average Bonchev–Trinajstić information content (AvgIpc) is 2.30. The van der Waals surface area contributed by atoms with E-state index in [-0.39, 0.29) is 26.3 Å². The van der Waals surface area contributed by atoms with Gasteiger partial charge in [0, 0.05) is 0 Å². The van der Waals surface area contributed by atoms with Gasteiger partial charge in [0.05, 0.1) is 0 Å². The van der Waals surface area contributed by atoms with Crippen molar-refractivity contribution in [1.82, 2.24) is 0 Å². The molecular formula is C16H20As2N2. The molecule has 2 rings (SSSR count). The fourth-order valence-corrected chi connectivity index (χ4v) is 12.6. The Hall–Kier alpha value is -0.843. The van der Waals surface area contributed by atoms with Gasteiger partial charge >= 0.3 is 132 Å². The van der Waals surface area contributed by atoms with E-state index in [0.29, 0.717) is 0 Å². The van der Waals surface area contributed by atoms with Crippen LogP contribution in [0.15, 0.2) is 24.3 Å². The number of hydrogen-bond acceptors (Lipinski definition) is 2. The van der Waals surface area contributed by atoms with Crippen molar-refractivity contribution in [1.29, 1.82) is 0 Å². The van der Waals surface area contributed by atoms with Gasteiger partial charge in [-0.15, -0.1) is 0 Å². The Kier molecular flexibility index (Phi) is 4.89. The van der Waals surface area contributed by atoms with Gasteiger partial charge in [-0.1, -0.05) is 0 Å². The summed E-state index contributed by atoms with van der Waals surface area (Å²) < 4.78 is 2.76. The molecule has 0 saturated heterocycles. The predicted molar refractivity (Wildman–Crippen MR) is 91.4 cm³/mol. The SMILES string of the molecule is Cc1cc(C)c([As]=[As]c2c(C)cc(C)cc2N)c(N)c1. The molecule has 2 aromatic carbocycles. The number of hydrogen-bond donors (Lipinski definition) is 2. The van der Waals surface area contributed by atoms with E-state index in [1.165, 1.54) is 31.0 Å². The molecule has 2 aromatic rings. The molecule has 0 unspecified atom stereocenters. The second-order valence-corrected chi connectivity index (χ2v) is 12.3. The zero-order valence-electron chi connectivity index (χ0n) is 12.4. The van der Waals surface area contributed by atoms with E-state index in [2.05, 4.69) is 52.0 Å². The standard InChI is InChI=1S/C16H20As2N2/c1-9-5-11(3)15(13(19)7-9)17-18-16-12(4)6-10(2)8-14(16)20/h5-8H,19-20H2,1-4H3. The molecule has 0 radical (unpaired) electrons. The Morgan fingerprint density at radius 1 is 0.650 bits per heavy atom. The van der Waals surface area contributed by atoms with Crippen molar-refractivity contribution in [3.05, 3.63) is 46.5 Å². The van der Waals surface area contributed by atoms with Crippen LogP contribution in [0.25, 0.3) is 0 Å². The molecule has 0 bridgehead atoms. The Bertz CT molecular complexity index is 585. The van der Waals surface area contributed by atoms with Crippen LogP contribution in [0.4, 0.5) is 11.4 Å². The minimum absolute atomic E-state index is 0.0987. The van der Waals surface area contributed by atoms with Crippen molar-refractivity contribution in [2.45, 2.75) is 27.7 Å². The predicted octanol–water partition coefficient (Wildman–Crippen LogP) is 1.36. The molecule has 2 nitrogen and oxygen atoms in total. The van der Waals surface area contributed by atoms with Gasteiger partial charge in [-0.3, -0.25) is 0 Å². The van der Waals surface area contributed by atoms with E-state index in [0.717, 1.165) is 11.4 Å². The van der Waals surface area contributed by atoms with Crippen LogP contribution in [0.3, 0.4) is 0 Å². The van der Waals surface area contributed by atoms with E-state index < -0.39 is 0 Å². The summed E-state index contributed by atoms with van der Waals surface area (Å²) in [6, 6.07) is 8.64. The normalized spacial score (nSPS) is 11.2. The van der Waals surface area contributed by atoms with Gasteiger partial charge in [-0.25, -0.2) is 0 Å². The quantitative estimate of drug-likeness (QED) is 0.601. The Morgan fingerprint density at radius 3 is 1.30 bits per heavy atom. The van der Waals surface area contributed by atoms with Gasteiger partial charge in [-0.2, -0.15) is 0 Å². The number of benzene rings is 2. The van der Waals surface area contributed by atoms with Crippen LogP contribution < -0.4 is 20.2 Å². The molecule has 104 valence electrons. The van der Waals surface area contributed by atoms with Crippen molar-refractivity contribution in [3.63, 3.8) is 0 Å². The Labute approximate surface area is 131 Å². The van der Waals surface area contributed by atoms with Gasteiger partial charge in [0.15, 0.2) is 0 Å². The van der Waals surface area contributed by atoms with Crippen LogP contribution in [0.5, 0.6) is 0 Å². The number of rotatable bonds is 2. The molecule has 0 aliphatic rings. The summed E-state index contributed by atoms with van der Waals surface area (Å²) in [6.07, 6.45) is 0. The second kappa shape index (κ2) is 6.29. The topological polar surface area (TPSA) is 52.0 Å². The Morgan fingerprint density at radius 2 is 1.00 bits per heavy atom. The summed E-state index contributed by atoms with van der Waals surface area (Å²) in [5, 5.41) is 0. The molecule has 4 heteroatoms. The number of nitrogens with two attached hydrogens (primary N) is 2. The molecular weight excluding hydrogens is 370 g/mol. The van der Waals surface area contributed by atoms with Gasteiger partial charge < -0.3 is 0 Å².